The Kier molecular flexibility index (Phi) is 16.0. The van der Waals surface area contributed by atoms with Gasteiger partial charge in [-0.1, -0.05) is 41.5 Å². The number of benzene rings is 2. The molecule has 0 saturated carbocycles. The molecule has 274 valence electrons. The topological polar surface area (TPSA) is 141 Å². The Balaban J connectivity index is 2.63. The smallest absolute Gasteiger partial charge is 0.434 e. The molecule has 11 nitrogen and oxygen atoms in total. The molecule has 1 N–H and O–H groups in total. The second-order valence-electron chi connectivity index (χ2n) is 13.4. The van der Waals surface area contributed by atoms with Crippen LogP contribution in [0.1, 0.15) is 79.0 Å². The number of aliphatic imine (C=N–C) groups is 2. The lowest BCUT2D eigenvalue weighted by Gasteiger charge is -2.42. The summed E-state index contributed by atoms with van der Waals surface area (Å²) in [5.74, 6) is -0.570. The molecule has 0 aromatic heterocycles. The third-order valence-electron chi connectivity index (χ3n) is 7.94. The summed E-state index contributed by atoms with van der Waals surface area (Å²) in [6, 6.07) is 9.64. The van der Waals surface area contributed by atoms with Gasteiger partial charge in [0.25, 0.3) is 0 Å². The number of nitriles is 1. The van der Waals surface area contributed by atoms with Gasteiger partial charge < -0.3 is 28.7 Å². The fraction of sp³-hybridized carbons (Fsp3) is 0.528. The Morgan fingerprint density at radius 1 is 1.02 bits per heavy atom. The number of alkyl carbamates (subject to hydrolysis) is 1. The van der Waals surface area contributed by atoms with Crippen molar-refractivity contribution in [3.63, 3.8) is 0 Å². The van der Waals surface area contributed by atoms with E-state index in [4.69, 9.17) is 28.4 Å². The molecule has 0 aliphatic carbocycles. The van der Waals surface area contributed by atoms with Crippen LogP contribution >= 0.6 is 11.8 Å². The highest BCUT2D eigenvalue weighted by molar-refractivity contribution is 8.15. The first-order valence-electron chi connectivity index (χ1n) is 16.4. The van der Waals surface area contributed by atoms with E-state index in [2.05, 4.69) is 57.9 Å². The summed E-state index contributed by atoms with van der Waals surface area (Å²) in [6.07, 6.45) is 0.0926. The largest absolute Gasteiger partial charge is 0.497 e. The van der Waals surface area contributed by atoms with Crippen LogP contribution in [0, 0.1) is 17.1 Å². The lowest BCUT2D eigenvalue weighted by Crippen LogP contribution is -2.48. The number of carbonyl (C=O) groups is 2. The van der Waals surface area contributed by atoms with Crippen molar-refractivity contribution in [1.29, 1.82) is 5.26 Å². The van der Waals surface area contributed by atoms with Crippen LogP contribution in [0.25, 0.3) is 0 Å². The van der Waals surface area contributed by atoms with Crippen LogP contribution in [0.2, 0.25) is 16.6 Å². The average Bonchev–Trinajstić information content (AvgIpc) is 3.04. The second-order valence-corrected chi connectivity index (χ2v) is 19.6. The van der Waals surface area contributed by atoms with Crippen LogP contribution in [0.15, 0.2) is 40.3 Å². The van der Waals surface area contributed by atoms with Crippen molar-refractivity contribution in [3.05, 3.63) is 52.8 Å². The molecule has 14 heteroatoms. The van der Waals surface area contributed by atoms with E-state index in [0.717, 1.165) is 11.8 Å². The van der Waals surface area contributed by atoms with E-state index in [1.54, 1.807) is 39.2 Å². The number of ether oxygens (including phenoxy) is 4. The maximum absolute atomic E-state index is 16.5. The molecule has 0 aliphatic rings. The molecule has 2 aromatic rings. The van der Waals surface area contributed by atoms with E-state index in [1.165, 1.54) is 32.4 Å². The first-order chi connectivity index (χ1) is 23.4. The average molecular weight is 731 g/mol. The van der Waals surface area contributed by atoms with Gasteiger partial charge in [0.15, 0.2) is 19.9 Å². The maximum Gasteiger partial charge on any atom is 0.434 e. The number of methoxy groups -OCH3 is 2. The Bertz CT molecular complexity index is 1580. The second kappa shape index (κ2) is 18.9. The lowest BCUT2D eigenvalue weighted by molar-refractivity contribution is 0.0523. The van der Waals surface area contributed by atoms with Gasteiger partial charge in [-0.15, -0.1) is 11.8 Å². The van der Waals surface area contributed by atoms with Gasteiger partial charge in [-0.25, -0.2) is 19.0 Å². The van der Waals surface area contributed by atoms with Gasteiger partial charge in [-0.2, -0.15) is 10.3 Å². The number of amides is 2. The zero-order chi connectivity index (χ0) is 37.8. The monoisotopic (exact) mass is 730 g/mol. The van der Waals surface area contributed by atoms with Gasteiger partial charge in [-0.3, -0.25) is 0 Å². The Morgan fingerprint density at radius 3 is 2.18 bits per heavy atom. The van der Waals surface area contributed by atoms with E-state index in [1.807, 2.05) is 0 Å². The minimum Gasteiger partial charge on any atom is -0.497 e. The molecular weight excluding hydrogens is 680 g/mol. The quantitative estimate of drug-likeness (QED) is 0.0873. The number of hydrogen-bond donors (Lipinski definition) is 1. The van der Waals surface area contributed by atoms with Crippen molar-refractivity contribution in [3.8, 4) is 17.6 Å². The molecule has 0 spiro atoms. The standard InChI is InChI=1S/C36H51FN4O7SSi/c1-22(2)50(23(3)4,24(5)6)47-16-15-46-30-19-28(44-10)18-29(31(30)37)32(33(49-12)41-35(43)45-11)40-27-14-13-25(20-38)26(17-27)21-39-34(42)48-36(7,8)9/h13-14,17-19,22-24H,15-16,21H2,1-12H3,(H,39,42). The van der Waals surface area contributed by atoms with E-state index in [-0.39, 0.29) is 47.6 Å². The molecule has 0 radical (unpaired) electrons. The third kappa shape index (κ3) is 11.3. The van der Waals surface area contributed by atoms with Crippen molar-refractivity contribution < 1.29 is 37.4 Å². The highest BCUT2D eigenvalue weighted by Crippen LogP contribution is 2.42. The summed E-state index contributed by atoms with van der Waals surface area (Å²) in [6.45, 7) is 18.7. The van der Waals surface area contributed by atoms with Gasteiger partial charge in [0.05, 0.1) is 38.1 Å². The number of halogens is 1. The number of thioether (sulfide) groups is 1. The van der Waals surface area contributed by atoms with Crippen LogP contribution in [-0.2, 0) is 20.4 Å². The zero-order valence-electron chi connectivity index (χ0n) is 31.2. The number of nitrogens with zero attached hydrogens (tertiary/aromatic N) is 3. The summed E-state index contributed by atoms with van der Waals surface area (Å²) < 4.78 is 44.6. The van der Waals surface area contributed by atoms with Crippen molar-refractivity contribution in [2.24, 2.45) is 9.98 Å². The van der Waals surface area contributed by atoms with Crippen LogP contribution < -0.4 is 14.8 Å². The molecule has 0 heterocycles. The zero-order valence-corrected chi connectivity index (χ0v) is 33.0. The van der Waals surface area contributed by atoms with Crippen LogP contribution in [0.4, 0.5) is 19.7 Å². The molecule has 0 unspecified atom stereocenters. The molecule has 50 heavy (non-hydrogen) atoms. The normalized spacial score (nSPS) is 12.6. The molecule has 2 amide bonds. The first kappa shape index (κ1) is 42.2. The molecule has 0 saturated heterocycles. The van der Waals surface area contributed by atoms with Crippen LogP contribution in [-0.4, -0.2) is 70.5 Å². The van der Waals surface area contributed by atoms with Gasteiger partial charge >= 0.3 is 12.2 Å². The molecule has 2 aromatic carbocycles. The molecule has 0 fully saturated rings. The van der Waals surface area contributed by atoms with Crippen LogP contribution in [0.3, 0.4) is 0 Å². The Hall–Kier alpha value is -3.93. The Labute approximate surface area is 301 Å². The third-order valence-corrected chi connectivity index (χ3v) is 14.7. The van der Waals surface area contributed by atoms with E-state index in [0.29, 0.717) is 33.4 Å². The highest BCUT2D eigenvalue weighted by atomic mass is 32.2. The first-order valence-corrected chi connectivity index (χ1v) is 19.7. The van der Waals surface area contributed by atoms with Gasteiger partial charge in [0.1, 0.15) is 28.7 Å². The van der Waals surface area contributed by atoms with E-state index < -0.39 is 31.9 Å². The fourth-order valence-electron chi connectivity index (χ4n) is 5.90. The molecular formula is C36H51FN4O7SSi. The van der Waals surface area contributed by atoms with Gasteiger partial charge in [0, 0.05) is 18.2 Å². The molecule has 0 aliphatic heterocycles. The molecule has 2 rings (SSSR count). The van der Waals surface area contributed by atoms with Gasteiger partial charge in [-0.05, 0) is 73.5 Å². The molecule has 0 bridgehead atoms. The van der Waals surface area contributed by atoms with Crippen molar-refractivity contribution in [1.82, 2.24) is 5.32 Å². The minimum atomic E-state index is -2.17. The van der Waals surface area contributed by atoms with E-state index in [9.17, 15) is 14.9 Å². The Morgan fingerprint density at radius 2 is 1.66 bits per heavy atom. The predicted molar refractivity (Wildman–Crippen MR) is 199 cm³/mol. The predicted octanol–water partition coefficient (Wildman–Crippen LogP) is 8.95. The number of nitrogens with one attached hydrogen (secondary N) is 1. The maximum atomic E-state index is 16.5. The van der Waals surface area contributed by atoms with E-state index >= 15 is 4.39 Å². The van der Waals surface area contributed by atoms with Crippen LogP contribution in [0.5, 0.6) is 11.5 Å². The SMILES string of the molecule is COC(=O)N=C(SC)C(=Nc1ccc(C#N)c(CNC(=O)OC(C)(C)C)c1)c1cc(OC)cc(OCCO[Si](C(C)C)(C(C)C)C(C)C)c1F. The number of rotatable bonds is 14. The molecule has 0 atom stereocenters. The summed E-state index contributed by atoms with van der Waals surface area (Å²) in [4.78, 5) is 33.4. The van der Waals surface area contributed by atoms with Crippen molar-refractivity contribution in [2.45, 2.75) is 91.1 Å². The summed E-state index contributed by atoms with van der Waals surface area (Å²) in [5, 5.41) is 12.4. The van der Waals surface area contributed by atoms with Crippen molar-refractivity contribution in [2.75, 3.05) is 33.7 Å². The fourth-order valence-corrected chi connectivity index (χ4v) is 11.9. The minimum absolute atomic E-state index is 0.0120. The number of hydrogen-bond acceptors (Lipinski definition) is 10. The summed E-state index contributed by atoms with van der Waals surface area (Å²) >= 11 is 1.06. The lowest BCUT2D eigenvalue weighted by atomic mass is 10.1. The van der Waals surface area contributed by atoms with Gasteiger partial charge in [0.2, 0.25) is 0 Å². The summed E-state index contributed by atoms with van der Waals surface area (Å²) in [5.41, 5.74) is 1.36. The number of carbonyl (C=O) groups excluding carboxylic acids is 2. The van der Waals surface area contributed by atoms with Crippen molar-refractivity contribution >= 4 is 48.7 Å². The summed E-state index contributed by atoms with van der Waals surface area (Å²) in [7, 11) is 0.449. The highest BCUT2D eigenvalue weighted by Gasteiger charge is 2.45.